The average Bonchev–Trinajstić information content (AvgIpc) is 3.29. The topological polar surface area (TPSA) is 129 Å². The van der Waals surface area contributed by atoms with Crippen LogP contribution in [0.5, 0.6) is 0 Å². The van der Waals surface area contributed by atoms with Gasteiger partial charge in [-0.05, 0) is 36.8 Å². The summed E-state index contributed by atoms with van der Waals surface area (Å²) in [6.07, 6.45) is 1.58. The molecular formula is C24H25N7O3. The molecule has 0 radical (unpaired) electrons. The molecule has 0 spiro atoms. The zero-order valence-corrected chi connectivity index (χ0v) is 19.1. The number of anilines is 3. The Bertz CT molecular complexity index is 1260. The molecule has 34 heavy (non-hydrogen) atoms. The summed E-state index contributed by atoms with van der Waals surface area (Å²) in [4.78, 5) is 26.9. The van der Waals surface area contributed by atoms with Crippen molar-refractivity contribution in [3.05, 3.63) is 77.7 Å². The van der Waals surface area contributed by atoms with E-state index in [1.54, 1.807) is 51.5 Å². The fourth-order valence-electron chi connectivity index (χ4n) is 3.28. The lowest BCUT2D eigenvalue weighted by atomic mass is 10.1. The van der Waals surface area contributed by atoms with Gasteiger partial charge in [0.1, 0.15) is 11.4 Å². The van der Waals surface area contributed by atoms with Gasteiger partial charge in [0, 0.05) is 31.5 Å². The Morgan fingerprint density at radius 3 is 2.44 bits per heavy atom. The van der Waals surface area contributed by atoms with Gasteiger partial charge in [0.05, 0.1) is 12.6 Å². The van der Waals surface area contributed by atoms with E-state index in [0.29, 0.717) is 34.4 Å². The fourth-order valence-corrected chi connectivity index (χ4v) is 3.28. The van der Waals surface area contributed by atoms with Crippen LogP contribution >= 0.6 is 0 Å². The van der Waals surface area contributed by atoms with Crippen LogP contribution in [-0.2, 0) is 0 Å². The van der Waals surface area contributed by atoms with Gasteiger partial charge in [0.25, 0.3) is 11.8 Å². The van der Waals surface area contributed by atoms with Crippen molar-refractivity contribution in [2.24, 2.45) is 0 Å². The van der Waals surface area contributed by atoms with Gasteiger partial charge in [-0.15, -0.1) is 0 Å². The van der Waals surface area contributed by atoms with Crippen molar-refractivity contribution < 1.29 is 14.4 Å². The molecule has 0 bridgehead atoms. The van der Waals surface area contributed by atoms with Crippen LogP contribution in [0.1, 0.15) is 27.8 Å². The number of aryl methyl sites for hydroxylation is 1. The Balaban J connectivity index is 1.64. The summed E-state index contributed by atoms with van der Waals surface area (Å²) < 4.78 is 5.33. The molecule has 2 heterocycles. The maximum Gasteiger partial charge on any atom is 0.263 e. The number of nitrogens with zero attached hydrogens (tertiary/aromatic N) is 5. The van der Waals surface area contributed by atoms with Crippen LogP contribution < -0.4 is 10.6 Å². The number of hydrogen-bond acceptors (Lipinski definition) is 9. The van der Waals surface area contributed by atoms with Crippen molar-refractivity contribution >= 4 is 23.4 Å². The van der Waals surface area contributed by atoms with Crippen LogP contribution in [0.3, 0.4) is 0 Å². The SMILES string of the molecule is Cc1noc(-c2cnc(Nc3ccc(C(=O)N(C)C)cc3)nc2N[C@H](CO)c2ccccc2)n1. The quantitative estimate of drug-likeness (QED) is 0.363. The number of benzene rings is 2. The van der Waals surface area contributed by atoms with Gasteiger partial charge in [-0.3, -0.25) is 4.79 Å². The van der Waals surface area contributed by atoms with Crippen LogP contribution in [0, 0.1) is 6.92 Å². The molecule has 2 aromatic heterocycles. The van der Waals surface area contributed by atoms with Crippen molar-refractivity contribution in [2.75, 3.05) is 31.3 Å². The van der Waals surface area contributed by atoms with Crippen molar-refractivity contribution in [2.45, 2.75) is 13.0 Å². The molecule has 1 atom stereocenters. The van der Waals surface area contributed by atoms with Gasteiger partial charge >= 0.3 is 0 Å². The minimum Gasteiger partial charge on any atom is -0.394 e. The fraction of sp³-hybridized carbons (Fsp3) is 0.208. The van der Waals surface area contributed by atoms with Gasteiger partial charge in [0.15, 0.2) is 5.82 Å². The molecule has 0 fully saturated rings. The third-order valence-corrected chi connectivity index (χ3v) is 5.04. The molecule has 174 valence electrons. The Labute approximate surface area is 196 Å². The van der Waals surface area contributed by atoms with E-state index in [1.165, 1.54) is 4.90 Å². The van der Waals surface area contributed by atoms with Crippen molar-refractivity contribution in [1.82, 2.24) is 25.0 Å². The number of rotatable bonds is 8. The third kappa shape index (κ3) is 5.18. The van der Waals surface area contributed by atoms with E-state index in [1.807, 2.05) is 30.3 Å². The largest absolute Gasteiger partial charge is 0.394 e. The first-order chi connectivity index (χ1) is 16.4. The lowest BCUT2D eigenvalue weighted by Crippen LogP contribution is -2.21. The molecule has 0 saturated carbocycles. The molecule has 0 saturated heterocycles. The highest BCUT2D eigenvalue weighted by atomic mass is 16.5. The second-order valence-electron chi connectivity index (χ2n) is 7.79. The van der Waals surface area contributed by atoms with Gasteiger partial charge in [-0.1, -0.05) is 35.5 Å². The van der Waals surface area contributed by atoms with Crippen molar-refractivity contribution in [3.63, 3.8) is 0 Å². The summed E-state index contributed by atoms with van der Waals surface area (Å²) in [5, 5.41) is 20.3. The monoisotopic (exact) mass is 459 g/mol. The molecule has 1 amide bonds. The number of amides is 1. The van der Waals surface area contributed by atoms with E-state index >= 15 is 0 Å². The molecule has 2 aromatic carbocycles. The van der Waals surface area contributed by atoms with Crippen molar-refractivity contribution in [1.29, 1.82) is 0 Å². The second kappa shape index (κ2) is 10.1. The number of carbonyl (C=O) groups is 1. The first-order valence-electron chi connectivity index (χ1n) is 10.6. The van der Waals surface area contributed by atoms with E-state index in [0.717, 1.165) is 5.56 Å². The number of nitrogens with one attached hydrogen (secondary N) is 2. The first kappa shape index (κ1) is 22.9. The van der Waals surface area contributed by atoms with Gasteiger partial charge in [0.2, 0.25) is 5.95 Å². The molecule has 4 rings (SSSR count). The highest BCUT2D eigenvalue weighted by Gasteiger charge is 2.19. The number of aliphatic hydroxyl groups is 1. The molecule has 0 aliphatic rings. The Morgan fingerprint density at radius 2 is 1.82 bits per heavy atom. The maximum absolute atomic E-state index is 12.1. The Hall–Kier alpha value is -4.31. The lowest BCUT2D eigenvalue weighted by molar-refractivity contribution is 0.0827. The van der Waals surface area contributed by atoms with Gasteiger partial charge in [-0.2, -0.15) is 9.97 Å². The average molecular weight is 460 g/mol. The van der Waals surface area contributed by atoms with Crippen LogP contribution in [0.25, 0.3) is 11.5 Å². The predicted molar refractivity (Wildman–Crippen MR) is 128 cm³/mol. The summed E-state index contributed by atoms with van der Waals surface area (Å²) in [7, 11) is 3.41. The molecule has 10 nitrogen and oxygen atoms in total. The van der Waals surface area contributed by atoms with Gasteiger partial charge in [-0.25, -0.2) is 4.98 Å². The molecular weight excluding hydrogens is 434 g/mol. The lowest BCUT2D eigenvalue weighted by Gasteiger charge is -2.19. The Kier molecular flexibility index (Phi) is 6.79. The van der Waals surface area contributed by atoms with Crippen LogP contribution in [0.4, 0.5) is 17.5 Å². The zero-order valence-electron chi connectivity index (χ0n) is 19.1. The standard InChI is InChI=1S/C24H25N7O3/c1-15-26-22(34-30-15)19-13-25-24(27-18-11-9-17(10-12-18)23(33)31(2)3)29-21(19)28-20(14-32)16-7-5-4-6-8-16/h4-13,20,32H,14H2,1-3H3,(H2,25,27,28,29)/t20-/m1/s1. The molecule has 4 aromatic rings. The summed E-state index contributed by atoms with van der Waals surface area (Å²) in [6.45, 7) is 1.57. The minimum atomic E-state index is -0.414. The predicted octanol–water partition coefficient (Wildman–Crippen LogP) is 3.43. The number of aliphatic hydroxyl groups excluding tert-OH is 1. The highest BCUT2D eigenvalue weighted by molar-refractivity contribution is 5.94. The van der Waals surface area contributed by atoms with E-state index < -0.39 is 6.04 Å². The maximum atomic E-state index is 12.1. The molecule has 0 aliphatic carbocycles. The molecule has 0 unspecified atom stereocenters. The summed E-state index contributed by atoms with van der Waals surface area (Å²) in [5.74, 6) is 1.41. The zero-order chi connectivity index (χ0) is 24.1. The van der Waals surface area contributed by atoms with Gasteiger partial charge < -0.3 is 25.2 Å². The minimum absolute atomic E-state index is 0.0792. The smallest absolute Gasteiger partial charge is 0.263 e. The summed E-state index contributed by atoms with van der Waals surface area (Å²) in [5.41, 5.74) is 2.69. The second-order valence-corrected chi connectivity index (χ2v) is 7.79. The normalized spacial score (nSPS) is 11.6. The summed E-state index contributed by atoms with van der Waals surface area (Å²) in [6, 6.07) is 16.2. The number of hydrogen-bond donors (Lipinski definition) is 3. The number of aromatic nitrogens is 4. The number of carbonyl (C=O) groups excluding carboxylic acids is 1. The highest BCUT2D eigenvalue weighted by Crippen LogP contribution is 2.29. The van der Waals surface area contributed by atoms with Crippen LogP contribution in [-0.4, -0.2) is 56.7 Å². The van der Waals surface area contributed by atoms with Crippen molar-refractivity contribution in [3.8, 4) is 11.5 Å². The van der Waals surface area contributed by atoms with Crippen LogP contribution in [0.2, 0.25) is 0 Å². The third-order valence-electron chi connectivity index (χ3n) is 5.04. The molecule has 3 N–H and O–H groups in total. The van der Waals surface area contributed by atoms with E-state index in [4.69, 9.17) is 4.52 Å². The summed E-state index contributed by atoms with van der Waals surface area (Å²) >= 11 is 0. The first-order valence-corrected chi connectivity index (χ1v) is 10.6. The molecule has 10 heteroatoms. The van der Waals surface area contributed by atoms with Crippen LogP contribution in [0.15, 0.2) is 65.3 Å². The van der Waals surface area contributed by atoms with E-state index in [-0.39, 0.29) is 18.4 Å². The van der Waals surface area contributed by atoms with E-state index in [9.17, 15) is 9.90 Å². The Morgan fingerprint density at radius 1 is 1.09 bits per heavy atom. The van der Waals surface area contributed by atoms with E-state index in [2.05, 4.69) is 30.7 Å². The molecule has 0 aliphatic heterocycles.